The molecule has 0 radical (unpaired) electrons. The summed E-state index contributed by atoms with van der Waals surface area (Å²) in [7, 11) is -0.325. The molecule has 3 rings (SSSR count). The number of nitrogens with zero attached hydrogens (tertiary/aromatic N) is 2. The Bertz CT molecular complexity index is 699. The fourth-order valence-corrected chi connectivity index (χ4v) is 5.35. The number of aryl methyl sites for hydroxylation is 1. The van der Waals surface area contributed by atoms with Crippen molar-refractivity contribution in [3.8, 4) is 0 Å². The fraction of sp³-hybridized carbons (Fsp3) is 0.688. The number of carbonyl (C=O) groups is 1. The Hall–Kier alpha value is -1.38. The first kappa shape index (κ1) is 17.4. The molecule has 134 valence electrons. The maximum atomic E-state index is 12.9. The summed E-state index contributed by atoms with van der Waals surface area (Å²) in [4.78, 5) is 12.0. The molecule has 0 aliphatic carbocycles. The van der Waals surface area contributed by atoms with E-state index in [0.717, 1.165) is 19.4 Å². The van der Waals surface area contributed by atoms with E-state index < -0.39 is 10.0 Å². The number of hydrogen-bond acceptors (Lipinski definition) is 4. The molecule has 2 aliphatic rings. The summed E-state index contributed by atoms with van der Waals surface area (Å²) in [6.07, 6.45) is 5.73. The molecule has 1 aromatic heterocycles. The summed E-state index contributed by atoms with van der Waals surface area (Å²) >= 11 is 0. The Labute approximate surface area is 143 Å². The summed E-state index contributed by atoms with van der Waals surface area (Å²) in [5.41, 5.74) is 0.348. The fourth-order valence-electron chi connectivity index (χ4n) is 3.81. The highest BCUT2D eigenvalue weighted by Crippen LogP contribution is 2.29. The third-order valence-corrected chi connectivity index (χ3v) is 7.11. The largest absolute Gasteiger partial charge is 0.354 e. The molecule has 1 unspecified atom stereocenters. The molecule has 1 aromatic rings. The molecule has 0 aromatic carbocycles. The molecule has 0 spiro atoms. The zero-order valence-electron chi connectivity index (χ0n) is 14.3. The van der Waals surface area contributed by atoms with Crippen molar-refractivity contribution in [1.29, 1.82) is 0 Å². The van der Waals surface area contributed by atoms with Crippen molar-refractivity contribution in [3.05, 3.63) is 18.0 Å². The first-order chi connectivity index (χ1) is 11.4. The minimum Gasteiger partial charge on any atom is -0.354 e. The van der Waals surface area contributed by atoms with E-state index in [-0.39, 0.29) is 10.8 Å². The first-order valence-electron chi connectivity index (χ1n) is 8.55. The van der Waals surface area contributed by atoms with Crippen molar-refractivity contribution in [1.82, 2.24) is 19.5 Å². The van der Waals surface area contributed by atoms with E-state index >= 15 is 0 Å². The summed E-state index contributed by atoms with van der Waals surface area (Å²) in [5.74, 6) is 0.279. The SMILES string of the molecule is CNC(=O)c1cc(S(=O)(=O)N2CCC(C3CCCN3)CC2)cn1C. The van der Waals surface area contributed by atoms with Crippen LogP contribution in [0.2, 0.25) is 0 Å². The van der Waals surface area contributed by atoms with Crippen LogP contribution in [0.4, 0.5) is 0 Å². The third kappa shape index (κ3) is 3.22. The van der Waals surface area contributed by atoms with E-state index in [1.54, 1.807) is 15.9 Å². The van der Waals surface area contributed by atoms with Gasteiger partial charge in [-0.3, -0.25) is 4.79 Å². The van der Waals surface area contributed by atoms with Crippen molar-refractivity contribution < 1.29 is 13.2 Å². The number of piperidine rings is 1. The molecule has 7 nitrogen and oxygen atoms in total. The number of aromatic nitrogens is 1. The molecule has 3 heterocycles. The molecule has 2 fully saturated rings. The number of hydrogen-bond donors (Lipinski definition) is 2. The maximum absolute atomic E-state index is 12.9. The lowest BCUT2D eigenvalue weighted by Crippen LogP contribution is -2.43. The van der Waals surface area contributed by atoms with Gasteiger partial charge >= 0.3 is 0 Å². The van der Waals surface area contributed by atoms with Crippen LogP contribution in [-0.4, -0.2) is 55.9 Å². The number of nitrogens with one attached hydrogen (secondary N) is 2. The zero-order chi connectivity index (χ0) is 17.3. The number of rotatable bonds is 4. The zero-order valence-corrected chi connectivity index (χ0v) is 15.1. The van der Waals surface area contributed by atoms with Crippen LogP contribution < -0.4 is 10.6 Å². The van der Waals surface area contributed by atoms with Gasteiger partial charge in [-0.05, 0) is 44.2 Å². The van der Waals surface area contributed by atoms with Crippen LogP contribution in [0, 0.1) is 5.92 Å². The Morgan fingerprint density at radius 1 is 1.29 bits per heavy atom. The molecule has 1 amide bonds. The van der Waals surface area contributed by atoms with Crippen molar-refractivity contribution in [2.45, 2.75) is 36.6 Å². The molecule has 24 heavy (non-hydrogen) atoms. The summed E-state index contributed by atoms with van der Waals surface area (Å²) in [5, 5.41) is 6.05. The molecular weight excluding hydrogens is 328 g/mol. The molecule has 0 bridgehead atoms. The van der Waals surface area contributed by atoms with Gasteiger partial charge in [-0.15, -0.1) is 0 Å². The van der Waals surface area contributed by atoms with Gasteiger partial charge in [-0.1, -0.05) is 0 Å². The molecule has 8 heteroatoms. The van der Waals surface area contributed by atoms with Crippen molar-refractivity contribution in [2.24, 2.45) is 13.0 Å². The third-order valence-electron chi connectivity index (χ3n) is 5.24. The smallest absolute Gasteiger partial charge is 0.267 e. The highest BCUT2D eigenvalue weighted by atomic mass is 32.2. The van der Waals surface area contributed by atoms with Crippen LogP contribution in [0.5, 0.6) is 0 Å². The van der Waals surface area contributed by atoms with Gasteiger partial charge in [0.2, 0.25) is 10.0 Å². The van der Waals surface area contributed by atoms with Crippen molar-refractivity contribution >= 4 is 15.9 Å². The minimum atomic E-state index is -3.54. The topological polar surface area (TPSA) is 83.4 Å². The first-order valence-corrected chi connectivity index (χ1v) is 9.99. The Balaban J connectivity index is 1.71. The lowest BCUT2D eigenvalue weighted by Gasteiger charge is -2.34. The second kappa shape index (κ2) is 6.85. The number of amides is 1. The lowest BCUT2D eigenvalue weighted by molar-refractivity contribution is 0.0955. The van der Waals surface area contributed by atoms with Gasteiger partial charge in [0.05, 0.1) is 0 Å². The maximum Gasteiger partial charge on any atom is 0.267 e. The minimum absolute atomic E-state index is 0.195. The van der Waals surface area contributed by atoms with Gasteiger partial charge in [0, 0.05) is 39.4 Å². The van der Waals surface area contributed by atoms with Gasteiger partial charge < -0.3 is 15.2 Å². The summed E-state index contributed by atoms with van der Waals surface area (Å²) < 4.78 is 28.8. The van der Waals surface area contributed by atoms with Gasteiger partial charge in [-0.25, -0.2) is 8.42 Å². The lowest BCUT2D eigenvalue weighted by atomic mass is 9.89. The van der Waals surface area contributed by atoms with Gasteiger partial charge in [0.15, 0.2) is 0 Å². The van der Waals surface area contributed by atoms with Crippen LogP contribution in [0.3, 0.4) is 0 Å². The highest BCUT2D eigenvalue weighted by Gasteiger charge is 2.34. The van der Waals surface area contributed by atoms with Crippen LogP contribution in [0.1, 0.15) is 36.2 Å². The standard InChI is InChI=1S/C16H26N4O3S/c1-17-16(21)15-10-13(11-19(15)2)24(22,23)20-8-5-12(6-9-20)14-4-3-7-18-14/h10-12,14,18H,3-9H2,1-2H3,(H,17,21). The van der Waals surface area contributed by atoms with Crippen LogP contribution in [-0.2, 0) is 17.1 Å². The average molecular weight is 354 g/mol. The molecule has 1 atom stereocenters. The summed E-state index contributed by atoms with van der Waals surface area (Å²) in [6, 6.07) is 2.00. The van der Waals surface area contributed by atoms with E-state index in [4.69, 9.17) is 0 Å². The van der Waals surface area contributed by atoms with E-state index in [9.17, 15) is 13.2 Å². The second-order valence-corrected chi connectivity index (χ2v) is 8.63. The Kier molecular flexibility index (Phi) is 4.98. The van der Waals surface area contributed by atoms with E-state index in [0.29, 0.717) is 30.7 Å². The van der Waals surface area contributed by atoms with Crippen LogP contribution >= 0.6 is 0 Å². The van der Waals surface area contributed by atoms with E-state index in [2.05, 4.69) is 10.6 Å². The average Bonchev–Trinajstić information content (AvgIpc) is 3.24. The van der Waals surface area contributed by atoms with Crippen LogP contribution in [0.15, 0.2) is 17.2 Å². The second-order valence-electron chi connectivity index (χ2n) is 6.70. The Morgan fingerprint density at radius 2 is 2.00 bits per heavy atom. The normalized spacial score (nSPS) is 23.5. The molecular formula is C16H26N4O3S. The number of sulfonamides is 1. The van der Waals surface area contributed by atoms with E-state index in [1.165, 1.54) is 32.2 Å². The predicted octanol–water partition coefficient (Wildman–Crippen LogP) is 0.537. The number of carbonyl (C=O) groups excluding carboxylic acids is 1. The van der Waals surface area contributed by atoms with Gasteiger partial charge in [0.1, 0.15) is 10.6 Å². The predicted molar refractivity (Wildman–Crippen MR) is 91.3 cm³/mol. The molecule has 2 N–H and O–H groups in total. The van der Waals surface area contributed by atoms with Crippen LogP contribution in [0.25, 0.3) is 0 Å². The quantitative estimate of drug-likeness (QED) is 0.827. The molecule has 2 saturated heterocycles. The highest BCUT2D eigenvalue weighted by molar-refractivity contribution is 7.89. The van der Waals surface area contributed by atoms with Crippen molar-refractivity contribution in [3.63, 3.8) is 0 Å². The Morgan fingerprint density at radius 3 is 2.58 bits per heavy atom. The van der Waals surface area contributed by atoms with Crippen molar-refractivity contribution in [2.75, 3.05) is 26.7 Å². The summed E-state index contributed by atoms with van der Waals surface area (Å²) in [6.45, 7) is 2.18. The van der Waals surface area contributed by atoms with E-state index in [1.807, 2.05) is 0 Å². The monoisotopic (exact) mass is 354 g/mol. The van der Waals surface area contributed by atoms with Gasteiger partial charge in [-0.2, -0.15) is 4.31 Å². The van der Waals surface area contributed by atoms with Gasteiger partial charge in [0.25, 0.3) is 5.91 Å². The molecule has 2 aliphatic heterocycles. The molecule has 0 saturated carbocycles.